The number of amides is 3. The molecule has 0 saturated carbocycles. The van der Waals surface area contributed by atoms with E-state index in [-0.39, 0.29) is 30.9 Å². The van der Waals surface area contributed by atoms with E-state index >= 15 is 0 Å². The number of nitrogens with zero attached hydrogens (tertiary/aromatic N) is 4. The first-order valence-electron chi connectivity index (χ1n) is 11.5. The molecule has 0 aromatic heterocycles. The third kappa shape index (κ3) is 7.36. The molecule has 1 aliphatic heterocycles. The van der Waals surface area contributed by atoms with Crippen LogP contribution in [0.25, 0.3) is 0 Å². The third-order valence-electron chi connectivity index (χ3n) is 5.81. The lowest BCUT2D eigenvalue weighted by atomic mass is 10.1. The molecule has 1 saturated heterocycles. The Balaban J connectivity index is 2.01. The lowest BCUT2D eigenvalue weighted by Crippen LogP contribution is -2.36. The number of carbonyl (C=O) groups excluding carboxylic acids is 2. The van der Waals surface area contributed by atoms with E-state index in [4.69, 9.17) is 8.92 Å². The molecule has 1 aliphatic rings. The highest BCUT2D eigenvalue weighted by Gasteiger charge is 2.44. The van der Waals surface area contributed by atoms with Gasteiger partial charge in [0.25, 0.3) is 0 Å². The van der Waals surface area contributed by atoms with Crippen LogP contribution in [0.15, 0.2) is 36.4 Å². The molecule has 0 N–H and O–H groups in total. The zero-order valence-corrected chi connectivity index (χ0v) is 22.4. The third-order valence-corrected chi connectivity index (χ3v) is 7.16. The quantitative estimate of drug-likeness (QED) is 0.404. The summed E-state index contributed by atoms with van der Waals surface area (Å²) in [7, 11) is -0.694. The molecule has 0 aliphatic carbocycles. The molecule has 0 radical (unpaired) electrons. The molecule has 1 fully saturated rings. The predicted octanol–water partition coefficient (Wildman–Crippen LogP) is 4.56. The number of hydrogen-bond acceptors (Lipinski definition) is 6. The van der Waals surface area contributed by atoms with Crippen molar-refractivity contribution < 1.29 is 57.7 Å². The monoisotopic (exact) mass is 616 g/mol. The van der Waals surface area contributed by atoms with E-state index in [0.29, 0.717) is 9.80 Å². The first-order chi connectivity index (χ1) is 18.8. The maximum atomic E-state index is 14.0. The SMILES string of the molecule is CN(C(=O)Oc1c(N2CCN(CCOS(=O)(=O)N(C)C)C2=O)cc(C(F)(F)F)cc1C(F)(F)F)c1ccc(F)cc1. The fourth-order valence-electron chi connectivity index (χ4n) is 3.59. The molecule has 2 aromatic rings. The maximum absolute atomic E-state index is 14.0. The number of ether oxygens (including phenoxy) is 1. The summed E-state index contributed by atoms with van der Waals surface area (Å²) in [5.74, 6) is -2.05. The largest absolute Gasteiger partial charge is 0.420 e. The summed E-state index contributed by atoms with van der Waals surface area (Å²) in [5, 5.41) is 0. The van der Waals surface area contributed by atoms with Gasteiger partial charge in [0.1, 0.15) is 11.4 Å². The standard InChI is InChI=1S/C23H23F7N4O6S/c1-31(2)41(37,38)39-11-10-33-8-9-34(20(33)35)18-13-14(22(25,26)27)12-17(23(28,29)30)19(18)40-21(36)32(3)16-6-4-15(24)5-7-16/h4-7,12-13H,8-11H2,1-3H3. The Bertz CT molecular complexity index is 1400. The van der Waals surface area contributed by atoms with Crippen LogP contribution in [0.2, 0.25) is 0 Å². The highest BCUT2D eigenvalue weighted by Crippen LogP contribution is 2.47. The zero-order chi connectivity index (χ0) is 30.9. The van der Waals surface area contributed by atoms with Crippen LogP contribution in [0.5, 0.6) is 5.75 Å². The number of urea groups is 1. The highest BCUT2D eigenvalue weighted by atomic mass is 32.2. The van der Waals surface area contributed by atoms with Gasteiger partial charge in [-0.1, -0.05) is 0 Å². The number of rotatable bonds is 8. The second-order valence-electron chi connectivity index (χ2n) is 8.75. The van der Waals surface area contributed by atoms with E-state index in [0.717, 1.165) is 40.5 Å². The van der Waals surface area contributed by atoms with Crippen molar-refractivity contribution in [1.82, 2.24) is 9.21 Å². The number of anilines is 2. The number of benzene rings is 2. The summed E-state index contributed by atoms with van der Waals surface area (Å²) in [5.41, 5.74) is -4.76. The molecule has 0 spiro atoms. The molecule has 41 heavy (non-hydrogen) atoms. The lowest BCUT2D eigenvalue weighted by Gasteiger charge is -2.26. The van der Waals surface area contributed by atoms with Gasteiger partial charge in [-0.15, -0.1) is 0 Å². The van der Waals surface area contributed by atoms with Gasteiger partial charge < -0.3 is 9.64 Å². The Kier molecular flexibility index (Phi) is 9.09. The molecular weight excluding hydrogens is 593 g/mol. The van der Waals surface area contributed by atoms with Gasteiger partial charge in [0.2, 0.25) is 0 Å². The van der Waals surface area contributed by atoms with Crippen molar-refractivity contribution in [2.45, 2.75) is 12.4 Å². The Morgan fingerprint density at radius 1 is 0.976 bits per heavy atom. The van der Waals surface area contributed by atoms with Gasteiger partial charge in [-0.05, 0) is 36.4 Å². The van der Waals surface area contributed by atoms with E-state index < -0.39 is 76.3 Å². The first-order valence-corrected chi connectivity index (χ1v) is 12.9. The van der Waals surface area contributed by atoms with Crippen LogP contribution in [0, 0.1) is 5.82 Å². The van der Waals surface area contributed by atoms with Crippen molar-refractivity contribution in [2.75, 3.05) is 57.2 Å². The van der Waals surface area contributed by atoms with Gasteiger partial charge in [0, 0.05) is 46.5 Å². The van der Waals surface area contributed by atoms with Gasteiger partial charge in [-0.2, -0.15) is 39.1 Å². The van der Waals surface area contributed by atoms with E-state index in [1.54, 1.807) is 0 Å². The van der Waals surface area contributed by atoms with E-state index in [9.17, 15) is 48.7 Å². The van der Waals surface area contributed by atoms with Gasteiger partial charge in [-0.25, -0.2) is 14.0 Å². The van der Waals surface area contributed by atoms with Crippen molar-refractivity contribution in [1.29, 1.82) is 0 Å². The fourth-order valence-corrected chi connectivity index (χ4v) is 4.09. The van der Waals surface area contributed by atoms with Crippen LogP contribution in [0.1, 0.15) is 11.1 Å². The second kappa shape index (κ2) is 11.7. The Morgan fingerprint density at radius 3 is 2.12 bits per heavy atom. The maximum Gasteiger partial charge on any atom is 0.420 e. The second-order valence-corrected chi connectivity index (χ2v) is 10.6. The molecule has 10 nitrogen and oxygen atoms in total. The zero-order valence-electron chi connectivity index (χ0n) is 21.6. The minimum Gasteiger partial charge on any atom is -0.407 e. The molecule has 18 heteroatoms. The predicted molar refractivity (Wildman–Crippen MR) is 130 cm³/mol. The number of carbonyl (C=O) groups is 2. The van der Waals surface area contributed by atoms with Crippen LogP contribution in [-0.2, 0) is 26.8 Å². The Hall–Kier alpha value is -3.64. The van der Waals surface area contributed by atoms with Crippen LogP contribution < -0.4 is 14.5 Å². The molecule has 3 amide bonds. The minimum atomic E-state index is -5.46. The normalized spacial score (nSPS) is 14.7. The molecule has 0 bridgehead atoms. The average Bonchev–Trinajstić information content (AvgIpc) is 3.22. The molecule has 3 rings (SSSR count). The molecule has 0 atom stereocenters. The summed E-state index contributed by atoms with van der Waals surface area (Å²) >= 11 is 0. The minimum absolute atomic E-state index is 0.0190. The van der Waals surface area contributed by atoms with Crippen molar-refractivity contribution in [3.8, 4) is 5.75 Å². The van der Waals surface area contributed by atoms with Crippen LogP contribution in [0.4, 0.5) is 51.7 Å². The van der Waals surface area contributed by atoms with E-state index in [2.05, 4.69) is 0 Å². The van der Waals surface area contributed by atoms with Gasteiger partial charge in [0.15, 0.2) is 5.75 Å². The topological polar surface area (TPSA) is 99.7 Å². The fraction of sp³-hybridized carbons (Fsp3) is 0.391. The summed E-state index contributed by atoms with van der Waals surface area (Å²) in [4.78, 5) is 28.0. The first kappa shape index (κ1) is 31.9. The molecule has 0 unspecified atom stereocenters. The van der Waals surface area contributed by atoms with Gasteiger partial charge in [0.05, 0.1) is 17.9 Å². The summed E-state index contributed by atoms with van der Waals surface area (Å²) < 4.78 is 130. The molecule has 226 valence electrons. The Labute approximate surface area is 229 Å². The smallest absolute Gasteiger partial charge is 0.407 e. The van der Waals surface area contributed by atoms with Crippen LogP contribution in [0.3, 0.4) is 0 Å². The molecule has 1 heterocycles. The van der Waals surface area contributed by atoms with Gasteiger partial charge in [-0.3, -0.25) is 14.0 Å². The number of alkyl halides is 6. The van der Waals surface area contributed by atoms with Crippen molar-refractivity contribution in [3.05, 3.63) is 53.3 Å². The number of halogens is 7. The highest BCUT2D eigenvalue weighted by molar-refractivity contribution is 7.84. The summed E-state index contributed by atoms with van der Waals surface area (Å²) in [6.07, 6.45) is -12.2. The van der Waals surface area contributed by atoms with Crippen LogP contribution >= 0.6 is 0 Å². The summed E-state index contributed by atoms with van der Waals surface area (Å²) in [6, 6.07) is 3.02. The molecular formula is C23H23F7N4O6S. The van der Waals surface area contributed by atoms with Crippen molar-refractivity contribution >= 4 is 33.8 Å². The summed E-state index contributed by atoms with van der Waals surface area (Å²) in [6.45, 7) is -1.60. The van der Waals surface area contributed by atoms with E-state index in [1.165, 1.54) is 14.1 Å². The van der Waals surface area contributed by atoms with Crippen LogP contribution in [-0.4, -0.2) is 77.1 Å². The lowest BCUT2D eigenvalue weighted by molar-refractivity contribution is -0.143. The van der Waals surface area contributed by atoms with Crippen molar-refractivity contribution in [3.63, 3.8) is 0 Å². The van der Waals surface area contributed by atoms with E-state index in [1.807, 2.05) is 0 Å². The number of hydrogen-bond donors (Lipinski definition) is 0. The molecule has 2 aromatic carbocycles. The average molecular weight is 617 g/mol. The Morgan fingerprint density at radius 2 is 1.59 bits per heavy atom. The van der Waals surface area contributed by atoms with Gasteiger partial charge >= 0.3 is 34.8 Å². The van der Waals surface area contributed by atoms with Crippen molar-refractivity contribution in [2.24, 2.45) is 0 Å².